The van der Waals surface area contributed by atoms with E-state index in [0.29, 0.717) is 0 Å². The molecule has 5 nitrogen and oxygen atoms in total. The molecule has 0 atom stereocenters. The number of ether oxygens (including phenoxy) is 1. The number of halogens is 1. The Morgan fingerprint density at radius 2 is 2.00 bits per heavy atom. The Labute approximate surface area is 144 Å². The van der Waals surface area contributed by atoms with E-state index in [2.05, 4.69) is 25.9 Å². The van der Waals surface area contributed by atoms with Gasteiger partial charge >= 0.3 is 6.09 Å². The molecule has 1 N–H and O–H groups in total. The Balaban J connectivity index is 1.91. The highest BCUT2D eigenvalue weighted by Gasteiger charge is 2.07. The number of aromatic nitrogens is 1. The van der Waals surface area contributed by atoms with Gasteiger partial charge in [-0.2, -0.15) is 5.10 Å². The van der Waals surface area contributed by atoms with Crippen molar-refractivity contribution >= 4 is 34.8 Å². The Bertz CT molecular complexity index is 885. The number of hydrogen-bond acceptors (Lipinski definition) is 3. The van der Waals surface area contributed by atoms with Crippen molar-refractivity contribution in [2.24, 2.45) is 5.10 Å². The highest BCUT2D eigenvalue weighted by atomic mass is 35.5. The number of carbonyl (C=O) groups is 1. The number of benzene rings is 2. The second-order valence-corrected chi connectivity index (χ2v) is 5.65. The van der Waals surface area contributed by atoms with Crippen LogP contribution in [0.4, 0.5) is 4.79 Å². The molecule has 0 saturated carbocycles. The van der Waals surface area contributed by atoms with E-state index >= 15 is 0 Å². The molecule has 24 heavy (non-hydrogen) atoms. The first-order valence-electron chi connectivity index (χ1n) is 7.36. The number of hydrogen-bond donors (Lipinski definition) is 1. The molecule has 3 aromatic rings. The van der Waals surface area contributed by atoms with Gasteiger partial charge in [0.1, 0.15) is 0 Å². The maximum atomic E-state index is 11.1. The molecule has 6 heteroatoms. The van der Waals surface area contributed by atoms with Crippen LogP contribution in [0.2, 0.25) is 5.02 Å². The van der Waals surface area contributed by atoms with Crippen LogP contribution in [0.5, 0.6) is 0 Å². The number of carbonyl (C=O) groups excluding carboxylic acids is 1. The van der Waals surface area contributed by atoms with E-state index in [0.717, 1.165) is 33.6 Å². The van der Waals surface area contributed by atoms with Crippen LogP contribution < -0.4 is 5.43 Å². The maximum absolute atomic E-state index is 11.1. The van der Waals surface area contributed by atoms with Gasteiger partial charge in [0.25, 0.3) is 0 Å². The first kappa shape index (κ1) is 16.1. The minimum Gasteiger partial charge on any atom is -0.452 e. The van der Waals surface area contributed by atoms with Crippen LogP contribution in [0.15, 0.2) is 59.8 Å². The zero-order chi connectivity index (χ0) is 16.9. The van der Waals surface area contributed by atoms with Crippen LogP contribution in [0.25, 0.3) is 10.9 Å². The van der Waals surface area contributed by atoms with Crippen molar-refractivity contribution in [3.8, 4) is 0 Å². The Morgan fingerprint density at radius 3 is 2.75 bits per heavy atom. The van der Waals surface area contributed by atoms with Crippen LogP contribution >= 0.6 is 11.6 Å². The van der Waals surface area contributed by atoms with Gasteiger partial charge in [-0.25, -0.2) is 10.2 Å². The van der Waals surface area contributed by atoms with Crippen molar-refractivity contribution in [2.75, 3.05) is 7.11 Å². The minimum atomic E-state index is -0.601. The summed E-state index contributed by atoms with van der Waals surface area (Å²) >= 11 is 5.94. The lowest BCUT2D eigenvalue weighted by molar-refractivity contribution is 0.171. The molecule has 2 aromatic carbocycles. The average Bonchev–Trinajstić information content (AvgIpc) is 2.95. The van der Waals surface area contributed by atoms with Gasteiger partial charge in [0.2, 0.25) is 0 Å². The van der Waals surface area contributed by atoms with Crippen molar-refractivity contribution in [2.45, 2.75) is 6.54 Å². The molecule has 1 aromatic heterocycles. The van der Waals surface area contributed by atoms with Gasteiger partial charge in [-0.1, -0.05) is 41.9 Å². The smallest absolute Gasteiger partial charge is 0.427 e. The Kier molecular flexibility index (Phi) is 4.82. The van der Waals surface area contributed by atoms with Crippen LogP contribution in [-0.2, 0) is 11.3 Å². The molecule has 0 aliphatic carbocycles. The van der Waals surface area contributed by atoms with Crippen LogP contribution in [-0.4, -0.2) is 24.0 Å². The average molecular weight is 342 g/mol. The van der Waals surface area contributed by atoms with E-state index in [-0.39, 0.29) is 0 Å². The number of para-hydroxylation sites is 1. The normalized spacial score (nSPS) is 11.1. The van der Waals surface area contributed by atoms with E-state index in [1.807, 2.05) is 48.7 Å². The number of methoxy groups -OCH3 is 1. The van der Waals surface area contributed by atoms with Crippen LogP contribution in [0, 0.1) is 0 Å². The Hall–Kier alpha value is -2.79. The summed E-state index contributed by atoms with van der Waals surface area (Å²) in [6.07, 6.45) is 3.01. The molecule has 0 unspecified atom stereocenters. The second kappa shape index (κ2) is 7.19. The lowest BCUT2D eigenvalue weighted by Crippen LogP contribution is -2.16. The van der Waals surface area contributed by atoms with Crippen LogP contribution in [0.1, 0.15) is 11.1 Å². The van der Waals surface area contributed by atoms with Gasteiger partial charge in [0.15, 0.2) is 0 Å². The quantitative estimate of drug-likeness (QED) is 0.575. The summed E-state index contributed by atoms with van der Waals surface area (Å²) in [7, 11) is 1.29. The van der Waals surface area contributed by atoms with Gasteiger partial charge < -0.3 is 9.30 Å². The molecular formula is C18H16ClN3O2. The third-order valence-corrected chi connectivity index (χ3v) is 3.88. The molecule has 0 fully saturated rings. The van der Waals surface area contributed by atoms with Crippen molar-refractivity contribution in [3.05, 3.63) is 70.9 Å². The highest BCUT2D eigenvalue weighted by Crippen LogP contribution is 2.21. The fourth-order valence-electron chi connectivity index (χ4n) is 2.50. The zero-order valence-corrected chi connectivity index (χ0v) is 13.8. The molecule has 3 rings (SSSR count). The van der Waals surface area contributed by atoms with Gasteiger partial charge in [0, 0.05) is 34.2 Å². The van der Waals surface area contributed by atoms with Gasteiger partial charge in [0.05, 0.1) is 13.3 Å². The van der Waals surface area contributed by atoms with E-state index in [4.69, 9.17) is 11.6 Å². The second-order valence-electron chi connectivity index (χ2n) is 5.22. The third-order valence-electron chi connectivity index (χ3n) is 3.63. The number of hydrazone groups is 1. The predicted molar refractivity (Wildman–Crippen MR) is 95.6 cm³/mol. The molecule has 0 saturated heterocycles. The summed E-state index contributed by atoms with van der Waals surface area (Å²) < 4.78 is 6.63. The topological polar surface area (TPSA) is 55.6 Å². The largest absolute Gasteiger partial charge is 0.452 e. The molecule has 1 amide bonds. The summed E-state index contributed by atoms with van der Waals surface area (Å²) in [6, 6.07) is 15.8. The predicted octanol–water partition coefficient (Wildman–Crippen LogP) is 4.03. The maximum Gasteiger partial charge on any atom is 0.427 e. The first-order valence-corrected chi connectivity index (χ1v) is 7.74. The fourth-order valence-corrected chi connectivity index (χ4v) is 2.62. The summed E-state index contributed by atoms with van der Waals surface area (Å²) in [5, 5.41) is 5.69. The van der Waals surface area contributed by atoms with Crippen molar-refractivity contribution < 1.29 is 9.53 Å². The first-order chi connectivity index (χ1) is 11.7. The number of nitrogens with zero attached hydrogens (tertiary/aromatic N) is 2. The minimum absolute atomic E-state index is 0.601. The summed E-state index contributed by atoms with van der Waals surface area (Å²) in [6.45, 7) is 0.718. The lowest BCUT2D eigenvalue weighted by atomic mass is 10.2. The SMILES string of the molecule is COC(=O)N/N=C\c1cn(Cc2ccc(Cl)cc2)c2ccccc12. The number of rotatable bonds is 4. The lowest BCUT2D eigenvalue weighted by Gasteiger charge is -2.05. The molecule has 0 bridgehead atoms. The monoisotopic (exact) mass is 341 g/mol. The molecule has 0 aliphatic rings. The van der Waals surface area contributed by atoms with E-state index < -0.39 is 6.09 Å². The Morgan fingerprint density at radius 1 is 1.25 bits per heavy atom. The molecule has 0 radical (unpaired) electrons. The number of nitrogens with one attached hydrogen (secondary N) is 1. The molecule has 0 aliphatic heterocycles. The zero-order valence-electron chi connectivity index (χ0n) is 13.1. The summed E-state index contributed by atoms with van der Waals surface area (Å²) in [5.74, 6) is 0. The van der Waals surface area contributed by atoms with E-state index in [1.54, 1.807) is 6.21 Å². The summed E-state index contributed by atoms with van der Waals surface area (Å²) in [4.78, 5) is 11.1. The van der Waals surface area contributed by atoms with Crippen molar-refractivity contribution in [1.29, 1.82) is 0 Å². The molecular weight excluding hydrogens is 326 g/mol. The van der Waals surface area contributed by atoms with Crippen molar-refractivity contribution in [1.82, 2.24) is 9.99 Å². The molecule has 1 heterocycles. The highest BCUT2D eigenvalue weighted by molar-refractivity contribution is 6.30. The van der Waals surface area contributed by atoms with Gasteiger partial charge in [-0.05, 0) is 23.8 Å². The van der Waals surface area contributed by atoms with Crippen molar-refractivity contribution in [3.63, 3.8) is 0 Å². The number of amides is 1. The number of fused-ring (bicyclic) bond motifs is 1. The van der Waals surface area contributed by atoms with Gasteiger partial charge in [-0.3, -0.25) is 0 Å². The molecule has 0 spiro atoms. The third kappa shape index (κ3) is 3.58. The summed E-state index contributed by atoms with van der Waals surface area (Å²) in [5.41, 5.74) is 5.45. The fraction of sp³-hybridized carbons (Fsp3) is 0.111. The van der Waals surface area contributed by atoms with E-state index in [9.17, 15) is 4.79 Å². The molecule has 122 valence electrons. The van der Waals surface area contributed by atoms with E-state index in [1.165, 1.54) is 7.11 Å². The van der Waals surface area contributed by atoms with Crippen LogP contribution in [0.3, 0.4) is 0 Å². The standard InChI is InChI=1S/C18H16ClN3O2/c1-24-18(23)21-20-10-14-12-22(17-5-3-2-4-16(14)17)11-13-6-8-15(19)9-7-13/h2-10,12H,11H2,1H3,(H,21,23)/b20-10-. The van der Waals surface area contributed by atoms with Gasteiger partial charge in [-0.15, -0.1) is 0 Å².